The molecule has 2 amide bonds. The molecule has 1 heterocycles. The largest absolute Gasteiger partial charge is 0.390 e. The predicted molar refractivity (Wildman–Crippen MR) is 99.2 cm³/mol. The van der Waals surface area contributed by atoms with Gasteiger partial charge in [-0.25, -0.2) is 4.79 Å². The third-order valence-corrected chi connectivity index (χ3v) is 5.73. The average Bonchev–Trinajstić information content (AvgIpc) is 2.92. The van der Waals surface area contributed by atoms with E-state index in [1.165, 1.54) is 5.56 Å². The molecule has 0 radical (unpaired) electrons. The number of aliphatic hydroxyl groups is 1. The number of amides is 2. The fraction of sp³-hybridized carbons (Fsp3) is 0.650. The van der Waals surface area contributed by atoms with Crippen molar-refractivity contribution in [2.24, 2.45) is 5.92 Å². The van der Waals surface area contributed by atoms with E-state index in [1.807, 2.05) is 6.07 Å². The van der Waals surface area contributed by atoms with Crippen LogP contribution in [0.25, 0.3) is 0 Å². The first-order valence-corrected chi connectivity index (χ1v) is 9.56. The minimum Gasteiger partial charge on any atom is -0.390 e. The average molecular weight is 345 g/mol. The molecule has 138 valence electrons. The van der Waals surface area contributed by atoms with E-state index in [0.29, 0.717) is 31.5 Å². The van der Waals surface area contributed by atoms with Crippen LogP contribution >= 0.6 is 0 Å². The molecule has 0 spiro atoms. The lowest BCUT2D eigenvalue weighted by molar-refractivity contribution is -0.0389. The van der Waals surface area contributed by atoms with Crippen LogP contribution in [0.1, 0.15) is 44.6 Å². The number of nitrogens with one attached hydrogen (secondary N) is 2. The van der Waals surface area contributed by atoms with Crippen LogP contribution in [0.2, 0.25) is 0 Å². The minimum atomic E-state index is -0.522. The van der Waals surface area contributed by atoms with Crippen LogP contribution in [0.3, 0.4) is 0 Å². The molecule has 0 aromatic heterocycles. The first-order valence-electron chi connectivity index (χ1n) is 9.56. The van der Waals surface area contributed by atoms with Crippen molar-refractivity contribution in [2.75, 3.05) is 19.6 Å². The maximum atomic E-state index is 11.9. The van der Waals surface area contributed by atoms with E-state index in [-0.39, 0.29) is 6.03 Å². The number of carbonyl (C=O) groups excluding carboxylic acids is 1. The summed E-state index contributed by atoms with van der Waals surface area (Å²) in [5.74, 6) is 0.500. The highest BCUT2D eigenvalue weighted by Gasteiger charge is 2.33. The van der Waals surface area contributed by atoms with Gasteiger partial charge in [-0.1, -0.05) is 30.3 Å². The van der Waals surface area contributed by atoms with E-state index < -0.39 is 5.60 Å². The van der Waals surface area contributed by atoms with E-state index in [1.54, 1.807) is 0 Å². The second-order valence-corrected chi connectivity index (χ2v) is 7.83. The van der Waals surface area contributed by atoms with Gasteiger partial charge in [0.2, 0.25) is 0 Å². The molecule has 1 aliphatic carbocycles. The van der Waals surface area contributed by atoms with E-state index in [0.717, 1.165) is 38.8 Å². The zero-order valence-electron chi connectivity index (χ0n) is 15.2. The van der Waals surface area contributed by atoms with Gasteiger partial charge in [0.1, 0.15) is 0 Å². The summed E-state index contributed by atoms with van der Waals surface area (Å²) in [6.07, 6.45) is 4.61. The summed E-state index contributed by atoms with van der Waals surface area (Å²) in [5.41, 5.74) is 0.821. The smallest absolute Gasteiger partial charge is 0.314 e. The van der Waals surface area contributed by atoms with Gasteiger partial charge in [-0.3, -0.25) is 4.90 Å². The van der Waals surface area contributed by atoms with Crippen molar-refractivity contribution in [1.82, 2.24) is 15.5 Å². The van der Waals surface area contributed by atoms with Crippen molar-refractivity contribution in [1.29, 1.82) is 0 Å². The molecule has 2 aliphatic rings. The van der Waals surface area contributed by atoms with Gasteiger partial charge >= 0.3 is 6.03 Å². The molecule has 5 heteroatoms. The number of hydrogen-bond acceptors (Lipinski definition) is 3. The van der Waals surface area contributed by atoms with E-state index in [9.17, 15) is 9.90 Å². The Balaban J connectivity index is 1.34. The fourth-order valence-corrected chi connectivity index (χ4v) is 3.95. The molecule has 5 nitrogen and oxygen atoms in total. The third-order valence-electron chi connectivity index (χ3n) is 5.73. The number of hydrogen-bond donors (Lipinski definition) is 3. The van der Waals surface area contributed by atoms with Crippen LogP contribution in [-0.4, -0.2) is 47.3 Å². The topological polar surface area (TPSA) is 64.6 Å². The molecule has 3 N–H and O–H groups in total. The SMILES string of the molecule is C[C@H]1C[C@H](CNC(=O)NCCC2(O)CCC2)CN1Cc1ccccc1. The normalized spacial score (nSPS) is 25.4. The summed E-state index contributed by atoms with van der Waals surface area (Å²) in [6, 6.07) is 11.0. The Morgan fingerprint density at radius 2 is 2.04 bits per heavy atom. The van der Waals surface area contributed by atoms with Crippen LogP contribution in [0, 0.1) is 5.92 Å². The molecule has 1 aromatic rings. The molecule has 3 rings (SSSR count). The Hall–Kier alpha value is -1.59. The maximum absolute atomic E-state index is 11.9. The Bertz CT molecular complexity index is 559. The number of benzene rings is 1. The monoisotopic (exact) mass is 345 g/mol. The highest BCUT2D eigenvalue weighted by molar-refractivity contribution is 5.73. The van der Waals surface area contributed by atoms with Crippen LogP contribution in [0.15, 0.2) is 30.3 Å². The maximum Gasteiger partial charge on any atom is 0.314 e. The molecule has 2 atom stereocenters. The van der Waals surface area contributed by atoms with Gasteiger partial charge in [0.15, 0.2) is 0 Å². The molecule has 1 saturated heterocycles. The summed E-state index contributed by atoms with van der Waals surface area (Å²) in [5, 5.41) is 15.9. The number of nitrogens with zero attached hydrogens (tertiary/aromatic N) is 1. The highest BCUT2D eigenvalue weighted by Crippen LogP contribution is 2.34. The van der Waals surface area contributed by atoms with Crippen LogP contribution in [0.5, 0.6) is 0 Å². The van der Waals surface area contributed by atoms with Gasteiger partial charge < -0.3 is 15.7 Å². The number of rotatable bonds is 7. The second-order valence-electron chi connectivity index (χ2n) is 7.83. The van der Waals surface area contributed by atoms with Crippen molar-refractivity contribution in [2.45, 2.75) is 57.2 Å². The third kappa shape index (κ3) is 5.19. The standard InChI is InChI=1S/C20H31N3O2/c1-16-12-18(15-23(16)14-17-6-3-2-4-7-17)13-22-19(24)21-11-10-20(25)8-5-9-20/h2-4,6-7,16,18,25H,5,8-15H2,1H3,(H2,21,22,24)/t16-,18+/m0/s1. The first kappa shape index (κ1) is 18.2. The quantitative estimate of drug-likeness (QED) is 0.711. The number of carbonyl (C=O) groups is 1. The Kier molecular flexibility index (Phi) is 5.97. The molecule has 0 unspecified atom stereocenters. The van der Waals surface area contributed by atoms with Gasteiger partial charge in [-0.15, -0.1) is 0 Å². The summed E-state index contributed by atoms with van der Waals surface area (Å²) in [6.45, 7) is 5.52. The van der Waals surface area contributed by atoms with Crippen molar-refractivity contribution in [3.05, 3.63) is 35.9 Å². The van der Waals surface area contributed by atoms with Crippen molar-refractivity contribution >= 4 is 6.03 Å². The predicted octanol–water partition coefficient (Wildman–Crippen LogP) is 2.50. The van der Waals surface area contributed by atoms with Gasteiger partial charge in [0.05, 0.1) is 5.60 Å². The number of likely N-dealkylation sites (tertiary alicyclic amines) is 1. The summed E-state index contributed by atoms with van der Waals surface area (Å²) in [7, 11) is 0. The second kappa shape index (κ2) is 8.19. The van der Waals surface area contributed by atoms with Crippen molar-refractivity contribution in [3.63, 3.8) is 0 Å². The highest BCUT2D eigenvalue weighted by atomic mass is 16.3. The summed E-state index contributed by atoms with van der Waals surface area (Å²) >= 11 is 0. The Morgan fingerprint density at radius 1 is 1.28 bits per heavy atom. The summed E-state index contributed by atoms with van der Waals surface area (Å²) in [4.78, 5) is 14.4. The van der Waals surface area contributed by atoms with Crippen LogP contribution < -0.4 is 10.6 Å². The lowest BCUT2D eigenvalue weighted by atomic mass is 9.78. The van der Waals surface area contributed by atoms with Crippen LogP contribution in [0.4, 0.5) is 4.79 Å². The molecule has 0 bridgehead atoms. The van der Waals surface area contributed by atoms with Crippen molar-refractivity contribution in [3.8, 4) is 0 Å². The van der Waals surface area contributed by atoms with E-state index in [2.05, 4.69) is 46.7 Å². The summed E-state index contributed by atoms with van der Waals surface area (Å²) < 4.78 is 0. The lowest BCUT2D eigenvalue weighted by Crippen LogP contribution is -2.43. The van der Waals surface area contributed by atoms with Gasteiger partial charge in [0.25, 0.3) is 0 Å². The molecular weight excluding hydrogens is 314 g/mol. The zero-order chi connectivity index (χ0) is 17.7. The molecule has 1 aromatic carbocycles. The van der Waals surface area contributed by atoms with E-state index >= 15 is 0 Å². The first-order chi connectivity index (χ1) is 12.0. The van der Waals surface area contributed by atoms with Crippen LogP contribution in [-0.2, 0) is 6.54 Å². The number of urea groups is 1. The van der Waals surface area contributed by atoms with Crippen molar-refractivity contribution < 1.29 is 9.90 Å². The Morgan fingerprint density at radius 3 is 2.72 bits per heavy atom. The molecule has 2 fully saturated rings. The molecule has 1 aliphatic heterocycles. The molecular formula is C20H31N3O2. The van der Waals surface area contributed by atoms with Gasteiger partial charge in [-0.2, -0.15) is 0 Å². The Labute approximate surface area is 150 Å². The lowest BCUT2D eigenvalue weighted by Gasteiger charge is -2.36. The minimum absolute atomic E-state index is 0.114. The van der Waals surface area contributed by atoms with Gasteiger partial charge in [0, 0.05) is 32.2 Å². The fourth-order valence-electron chi connectivity index (χ4n) is 3.95. The van der Waals surface area contributed by atoms with E-state index in [4.69, 9.17) is 0 Å². The van der Waals surface area contributed by atoms with Gasteiger partial charge in [-0.05, 0) is 50.5 Å². The molecule has 1 saturated carbocycles. The zero-order valence-corrected chi connectivity index (χ0v) is 15.2. The molecule has 25 heavy (non-hydrogen) atoms.